The molecule has 0 aliphatic rings. The van der Waals surface area contributed by atoms with Crippen molar-refractivity contribution in [2.75, 3.05) is 33.0 Å². The zero-order valence-electron chi connectivity index (χ0n) is 40.1. The SMILES string of the molecule is CC/C=C\C/C=C\C/C=C\C/C=C\C/C=C\C/C=C\CCCCCCCCC(=O)OC(COCCCCCCCCCCCCCCCCCCCC)COP(=O)(O)OCCN. The van der Waals surface area contributed by atoms with Gasteiger partial charge in [0.15, 0.2) is 0 Å². The molecule has 9 heteroatoms. The summed E-state index contributed by atoms with van der Waals surface area (Å²) < 4.78 is 33.6. The first kappa shape index (κ1) is 59.9. The van der Waals surface area contributed by atoms with E-state index in [1.807, 2.05) is 0 Å². The molecule has 0 saturated heterocycles. The van der Waals surface area contributed by atoms with E-state index in [0.717, 1.165) is 83.5 Å². The minimum atomic E-state index is -4.29. The molecule has 3 N–H and O–H groups in total. The van der Waals surface area contributed by atoms with E-state index in [-0.39, 0.29) is 32.3 Å². The quantitative estimate of drug-likeness (QED) is 0.0268. The zero-order valence-corrected chi connectivity index (χ0v) is 41.0. The molecule has 0 aliphatic heterocycles. The van der Waals surface area contributed by atoms with Crippen molar-refractivity contribution >= 4 is 13.8 Å². The number of carbonyl (C=O) groups excluding carboxylic acids is 1. The van der Waals surface area contributed by atoms with Crippen molar-refractivity contribution in [2.45, 2.75) is 225 Å². The van der Waals surface area contributed by atoms with Crippen LogP contribution in [0.3, 0.4) is 0 Å². The number of ether oxygens (including phenoxy) is 2. The lowest BCUT2D eigenvalue weighted by Gasteiger charge is -2.20. The maximum Gasteiger partial charge on any atom is 0.472 e. The summed E-state index contributed by atoms with van der Waals surface area (Å²) in [5, 5.41) is 0. The fourth-order valence-corrected chi connectivity index (χ4v) is 7.71. The molecule has 62 heavy (non-hydrogen) atoms. The molecule has 0 rings (SSSR count). The van der Waals surface area contributed by atoms with Crippen LogP contribution in [0.1, 0.15) is 219 Å². The van der Waals surface area contributed by atoms with Gasteiger partial charge in [0.1, 0.15) is 6.10 Å². The molecule has 0 aromatic rings. The van der Waals surface area contributed by atoms with Gasteiger partial charge in [-0.1, -0.05) is 222 Å². The molecule has 2 unspecified atom stereocenters. The van der Waals surface area contributed by atoms with Crippen LogP contribution in [-0.2, 0) is 27.9 Å². The summed E-state index contributed by atoms with van der Waals surface area (Å²) in [5.74, 6) is -0.344. The summed E-state index contributed by atoms with van der Waals surface area (Å²) in [6.45, 7) is 4.81. The highest BCUT2D eigenvalue weighted by molar-refractivity contribution is 7.47. The number of carbonyl (C=O) groups is 1. The molecule has 0 bridgehead atoms. The molecule has 0 heterocycles. The van der Waals surface area contributed by atoms with E-state index in [1.54, 1.807) is 0 Å². The van der Waals surface area contributed by atoms with Gasteiger partial charge in [0.05, 0.1) is 19.8 Å². The molecule has 360 valence electrons. The number of nitrogens with two attached hydrogens (primary N) is 1. The minimum Gasteiger partial charge on any atom is -0.457 e. The summed E-state index contributed by atoms with van der Waals surface area (Å²) in [5.41, 5.74) is 5.39. The van der Waals surface area contributed by atoms with Crippen molar-refractivity contribution in [1.82, 2.24) is 0 Å². The Kier molecular flexibility index (Phi) is 48.3. The van der Waals surface area contributed by atoms with Gasteiger partial charge >= 0.3 is 13.8 Å². The van der Waals surface area contributed by atoms with Gasteiger partial charge in [-0.15, -0.1) is 0 Å². The average molecular weight is 890 g/mol. The molecule has 0 amide bonds. The number of rotatable bonds is 48. The molecule has 0 radical (unpaired) electrons. The number of phosphoric acid groups is 1. The third-order valence-corrected chi connectivity index (χ3v) is 11.6. The molecule has 0 spiro atoms. The Morgan fingerprint density at radius 3 is 1.35 bits per heavy atom. The first-order valence-electron chi connectivity index (χ1n) is 25.4. The third kappa shape index (κ3) is 49.0. The highest BCUT2D eigenvalue weighted by atomic mass is 31.2. The number of unbranched alkanes of at least 4 members (excludes halogenated alkanes) is 23. The zero-order chi connectivity index (χ0) is 45.1. The molecule has 0 aromatic carbocycles. The second-order valence-electron chi connectivity index (χ2n) is 16.7. The van der Waals surface area contributed by atoms with E-state index in [2.05, 4.69) is 86.8 Å². The number of hydrogen-bond acceptors (Lipinski definition) is 7. The predicted octanol–water partition coefficient (Wildman–Crippen LogP) is 15.9. The first-order chi connectivity index (χ1) is 30.4. The van der Waals surface area contributed by atoms with E-state index in [9.17, 15) is 14.3 Å². The molecule has 0 saturated carbocycles. The fourth-order valence-electron chi connectivity index (χ4n) is 6.94. The molecule has 0 aliphatic carbocycles. The molecular formula is C53H96NO7P. The van der Waals surface area contributed by atoms with Crippen LogP contribution in [0.25, 0.3) is 0 Å². The summed E-state index contributed by atoms with van der Waals surface area (Å²) >= 11 is 0. The Hall–Kier alpha value is -2.06. The van der Waals surface area contributed by atoms with Gasteiger partial charge in [-0.3, -0.25) is 13.8 Å². The van der Waals surface area contributed by atoms with Gasteiger partial charge in [0.25, 0.3) is 0 Å². The third-order valence-electron chi connectivity index (χ3n) is 10.6. The van der Waals surface area contributed by atoms with Crippen molar-refractivity contribution in [3.8, 4) is 0 Å². The highest BCUT2D eigenvalue weighted by Gasteiger charge is 2.25. The van der Waals surface area contributed by atoms with E-state index in [0.29, 0.717) is 13.0 Å². The van der Waals surface area contributed by atoms with Crippen molar-refractivity contribution in [2.24, 2.45) is 5.73 Å². The average Bonchev–Trinajstić information content (AvgIpc) is 3.26. The summed E-state index contributed by atoms with van der Waals surface area (Å²) in [4.78, 5) is 22.6. The summed E-state index contributed by atoms with van der Waals surface area (Å²) in [7, 11) is -4.29. The smallest absolute Gasteiger partial charge is 0.457 e. The van der Waals surface area contributed by atoms with Crippen molar-refractivity contribution < 1.29 is 32.8 Å². The van der Waals surface area contributed by atoms with Crippen LogP contribution >= 0.6 is 7.82 Å². The maximum atomic E-state index is 12.7. The largest absolute Gasteiger partial charge is 0.472 e. The van der Waals surface area contributed by atoms with E-state index < -0.39 is 13.9 Å². The lowest BCUT2D eigenvalue weighted by molar-refractivity contribution is -0.154. The lowest BCUT2D eigenvalue weighted by Crippen LogP contribution is -2.28. The maximum absolute atomic E-state index is 12.7. The normalized spacial score (nSPS) is 13.9. The number of phosphoric ester groups is 1. The monoisotopic (exact) mass is 890 g/mol. The van der Waals surface area contributed by atoms with Crippen LogP contribution < -0.4 is 5.73 Å². The number of allylic oxidation sites excluding steroid dienone is 12. The Labute approximate surface area is 382 Å². The number of hydrogen-bond donors (Lipinski definition) is 2. The second-order valence-corrected chi connectivity index (χ2v) is 18.1. The van der Waals surface area contributed by atoms with Gasteiger partial charge in [-0.2, -0.15) is 0 Å². The van der Waals surface area contributed by atoms with Gasteiger partial charge < -0.3 is 20.1 Å². The van der Waals surface area contributed by atoms with Crippen LogP contribution in [0, 0.1) is 0 Å². The van der Waals surface area contributed by atoms with Crippen molar-refractivity contribution in [1.29, 1.82) is 0 Å². The van der Waals surface area contributed by atoms with Crippen molar-refractivity contribution in [3.05, 3.63) is 72.9 Å². The van der Waals surface area contributed by atoms with Crippen LogP contribution in [0.2, 0.25) is 0 Å². The Bertz CT molecular complexity index is 1180. The number of esters is 1. The fraction of sp³-hybridized carbons (Fsp3) is 0.755. The topological polar surface area (TPSA) is 117 Å². The molecule has 0 aromatic heterocycles. The Morgan fingerprint density at radius 2 is 0.903 bits per heavy atom. The van der Waals surface area contributed by atoms with E-state index in [1.165, 1.54) is 116 Å². The molecule has 0 fully saturated rings. The van der Waals surface area contributed by atoms with Gasteiger partial charge in [0.2, 0.25) is 0 Å². The molecule has 8 nitrogen and oxygen atoms in total. The van der Waals surface area contributed by atoms with Crippen LogP contribution in [0.15, 0.2) is 72.9 Å². The highest BCUT2D eigenvalue weighted by Crippen LogP contribution is 2.43. The predicted molar refractivity (Wildman–Crippen MR) is 265 cm³/mol. The lowest BCUT2D eigenvalue weighted by atomic mass is 10.0. The Balaban J connectivity index is 4.00. The molecular weight excluding hydrogens is 794 g/mol. The van der Waals surface area contributed by atoms with E-state index >= 15 is 0 Å². The summed E-state index contributed by atoms with van der Waals surface area (Å²) in [6.07, 6.45) is 63.6. The van der Waals surface area contributed by atoms with Crippen LogP contribution in [-0.4, -0.2) is 49.9 Å². The molecule has 2 atom stereocenters. The minimum absolute atomic E-state index is 0.0955. The van der Waals surface area contributed by atoms with E-state index in [4.69, 9.17) is 24.3 Å². The standard InChI is InChI=1S/C53H96NO7P/c1-3-5-7-9-11-13-15-17-19-21-23-24-25-26-27-28-29-30-32-34-36-38-40-42-44-46-53(55)61-52(51-60-62(56,57)59-49-47-54)50-58-48-45-43-41-39-37-35-33-31-22-20-18-16-14-12-10-8-6-4-2/h5,7,11,13,17,19,23-24,26-27,29-30,52H,3-4,6,8-10,12,14-16,18,20-22,25,28,31-51,54H2,1-2H3,(H,56,57)/b7-5-,13-11-,19-17-,24-23-,27-26-,30-29-. The van der Waals surface area contributed by atoms with Crippen molar-refractivity contribution in [3.63, 3.8) is 0 Å². The van der Waals surface area contributed by atoms with Crippen LogP contribution in [0.5, 0.6) is 0 Å². The van der Waals surface area contributed by atoms with Gasteiger partial charge in [-0.05, 0) is 64.2 Å². The Morgan fingerprint density at radius 1 is 0.500 bits per heavy atom. The first-order valence-corrected chi connectivity index (χ1v) is 26.9. The van der Waals surface area contributed by atoms with Gasteiger partial charge in [0, 0.05) is 19.6 Å². The second kappa shape index (κ2) is 49.9. The summed E-state index contributed by atoms with van der Waals surface area (Å²) in [6, 6.07) is 0. The van der Waals surface area contributed by atoms with Gasteiger partial charge in [-0.25, -0.2) is 4.57 Å². The van der Waals surface area contributed by atoms with Crippen LogP contribution in [0.4, 0.5) is 0 Å².